The highest BCUT2D eigenvalue weighted by Crippen LogP contribution is 2.51. The molecule has 1 aromatic carbocycles. The Bertz CT molecular complexity index is 417. The average molecular weight is 237 g/mol. The summed E-state index contributed by atoms with van der Waals surface area (Å²) in [6.07, 6.45) is 2.01. The maximum absolute atomic E-state index is 11.4. The van der Waals surface area contributed by atoms with Crippen molar-refractivity contribution in [3.63, 3.8) is 0 Å². The summed E-state index contributed by atoms with van der Waals surface area (Å²) < 4.78 is -0.741. The van der Waals surface area contributed by atoms with Crippen LogP contribution in [0.25, 0.3) is 0 Å². The van der Waals surface area contributed by atoms with Crippen LogP contribution in [0.3, 0.4) is 0 Å². The molecule has 1 fully saturated rings. The van der Waals surface area contributed by atoms with E-state index in [1.807, 2.05) is 18.2 Å². The van der Waals surface area contributed by atoms with Gasteiger partial charge < -0.3 is 10.8 Å². The zero-order valence-corrected chi connectivity index (χ0v) is 9.96. The van der Waals surface area contributed by atoms with Gasteiger partial charge in [0.1, 0.15) is 4.75 Å². The van der Waals surface area contributed by atoms with E-state index in [0.717, 1.165) is 17.7 Å². The normalized spacial score (nSPS) is 19.1. The van der Waals surface area contributed by atoms with E-state index in [0.29, 0.717) is 5.69 Å². The number of hydrogen-bond acceptors (Lipinski definition) is 3. The fourth-order valence-corrected chi connectivity index (χ4v) is 3.02. The number of aliphatic carboxylic acids is 1. The van der Waals surface area contributed by atoms with Gasteiger partial charge in [0.05, 0.1) is 0 Å². The summed E-state index contributed by atoms with van der Waals surface area (Å²) in [4.78, 5) is 12.2. The Morgan fingerprint density at radius 1 is 1.50 bits per heavy atom. The number of carboxylic acids is 1. The smallest absolute Gasteiger partial charge is 0.320 e. The molecule has 4 heteroatoms. The summed E-state index contributed by atoms with van der Waals surface area (Å²) in [7, 11) is 0. The van der Waals surface area contributed by atoms with Crippen LogP contribution in [0.4, 0.5) is 5.69 Å². The number of rotatable bonds is 4. The minimum atomic E-state index is -0.747. The predicted molar refractivity (Wildman–Crippen MR) is 65.5 cm³/mol. The van der Waals surface area contributed by atoms with Gasteiger partial charge in [-0.25, -0.2) is 0 Å². The van der Waals surface area contributed by atoms with Crippen molar-refractivity contribution in [2.75, 3.05) is 5.73 Å². The summed E-state index contributed by atoms with van der Waals surface area (Å²) >= 11 is 1.37. The third kappa shape index (κ3) is 2.02. The molecule has 0 aliphatic heterocycles. The molecule has 1 atom stereocenters. The van der Waals surface area contributed by atoms with E-state index in [-0.39, 0.29) is 5.92 Å². The molecule has 3 nitrogen and oxygen atoms in total. The maximum Gasteiger partial charge on any atom is 0.320 e. The highest BCUT2D eigenvalue weighted by molar-refractivity contribution is 8.01. The summed E-state index contributed by atoms with van der Waals surface area (Å²) in [6, 6.07) is 7.42. The van der Waals surface area contributed by atoms with Gasteiger partial charge in [0.15, 0.2) is 0 Å². The van der Waals surface area contributed by atoms with Gasteiger partial charge in [-0.2, -0.15) is 0 Å². The summed E-state index contributed by atoms with van der Waals surface area (Å²) in [5.74, 6) is -0.474. The number of para-hydroxylation sites is 1. The number of nitrogen functional groups attached to an aromatic ring is 1. The number of thioether (sulfide) groups is 1. The highest BCUT2D eigenvalue weighted by Gasteiger charge is 2.48. The third-order valence-corrected chi connectivity index (χ3v) is 4.55. The Labute approximate surface area is 99.0 Å². The SMILES string of the molecule is CC(Sc1ccccc1N)(C(=O)O)C1CC1. The fourth-order valence-electron chi connectivity index (χ4n) is 1.74. The number of carboxylic acid groups (broad SMARTS) is 1. The molecule has 0 aromatic heterocycles. The largest absolute Gasteiger partial charge is 0.480 e. The van der Waals surface area contributed by atoms with Gasteiger partial charge in [0.25, 0.3) is 0 Å². The van der Waals surface area contributed by atoms with Crippen molar-refractivity contribution in [3.05, 3.63) is 24.3 Å². The van der Waals surface area contributed by atoms with E-state index in [9.17, 15) is 9.90 Å². The van der Waals surface area contributed by atoms with Crippen molar-refractivity contribution in [2.45, 2.75) is 29.4 Å². The van der Waals surface area contributed by atoms with E-state index in [2.05, 4.69) is 0 Å². The van der Waals surface area contributed by atoms with E-state index in [1.165, 1.54) is 11.8 Å². The molecule has 1 saturated carbocycles. The molecule has 3 N–H and O–H groups in total. The molecule has 1 aliphatic carbocycles. The lowest BCUT2D eigenvalue weighted by atomic mass is 10.1. The molecule has 2 rings (SSSR count). The van der Waals surface area contributed by atoms with Gasteiger partial charge in [0.2, 0.25) is 0 Å². The average Bonchev–Trinajstić information content (AvgIpc) is 3.04. The zero-order chi connectivity index (χ0) is 11.8. The maximum atomic E-state index is 11.4. The Balaban J connectivity index is 2.24. The van der Waals surface area contributed by atoms with Crippen LogP contribution in [-0.2, 0) is 4.79 Å². The molecular weight excluding hydrogens is 222 g/mol. The van der Waals surface area contributed by atoms with Crippen molar-refractivity contribution in [2.24, 2.45) is 5.92 Å². The molecule has 0 spiro atoms. The number of anilines is 1. The van der Waals surface area contributed by atoms with Crippen LogP contribution in [0.15, 0.2) is 29.2 Å². The molecule has 86 valence electrons. The van der Waals surface area contributed by atoms with Gasteiger partial charge in [0, 0.05) is 10.6 Å². The highest BCUT2D eigenvalue weighted by atomic mass is 32.2. The number of hydrogen-bond donors (Lipinski definition) is 2. The molecule has 0 radical (unpaired) electrons. The topological polar surface area (TPSA) is 63.3 Å². The minimum absolute atomic E-state index is 0.273. The number of carbonyl (C=O) groups is 1. The van der Waals surface area contributed by atoms with E-state index < -0.39 is 10.7 Å². The molecule has 1 aliphatic rings. The van der Waals surface area contributed by atoms with Gasteiger partial charge in [-0.15, -0.1) is 11.8 Å². The van der Waals surface area contributed by atoms with Crippen molar-refractivity contribution in [3.8, 4) is 0 Å². The molecule has 0 bridgehead atoms. The second-order valence-electron chi connectivity index (χ2n) is 4.33. The van der Waals surface area contributed by atoms with E-state index in [4.69, 9.17) is 5.73 Å². The first-order chi connectivity index (χ1) is 7.54. The molecule has 0 heterocycles. The summed E-state index contributed by atoms with van der Waals surface area (Å²) in [6.45, 7) is 1.80. The Morgan fingerprint density at radius 3 is 2.62 bits per heavy atom. The summed E-state index contributed by atoms with van der Waals surface area (Å²) in [5.41, 5.74) is 6.49. The van der Waals surface area contributed by atoms with Crippen molar-refractivity contribution in [1.82, 2.24) is 0 Å². The van der Waals surface area contributed by atoms with Crippen LogP contribution in [0.2, 0.25) is 0 Å². The standard InChI is InChI=1S/C12H15NO2S/c1-12(11(14)15,8-6-7-8)16-10-5-3-2-4-9(10)13/h2-5,8H,6-7,13H2,1H3,(H,14,15). The quantitative estimate of drug-likeness (QED) is 0.624. The first-order valence-electron chi connectivity index (χ1n) is 5.31. The number of nitrogens with two attached hydrogens (primary N) is 1. The first-order valence-corrected chi connectivity index (χ1v) is 6.12. The Kier molecular flexibility index (Phi) is 2.84. The predicted octanol–water partition coefficient (Wildman–Crippen LogP) is 2.61. The second kappa shape index (κ2) is 4.01. The molecular formula is C12H15NO2S. The monoisotopic (exact) mass is 237 g/mol. The Hall–Kier alpha value is -1.16. The molecule has 1 aromatic rings. The molecule has 1 unspecified atom stereocenters. The van der Waals surface area contributed by atoms with Gasteiger partial charge in [-0.3, -0.25) is 4.79 Å². The number of benzene rings is 1. The summed E-state index contributed by atoms with van der Waals surface area (Å²) in [5, 5.41) is 9.33. The lowest BCUT2D eigenvalue weighted by Gasteiger charge is -2.24. The molecule has 16 heavy (non-hydrogen) atoms. The fraction of sp³-hybridized carbons (Fsp3) is 0.417. The zero-order valence-electron chi connectivity index (χ0n) is 9.14. The van der Waals surface area contributed by atoms with Crippen LogP contribution in [0.1, 0.15) is 19.8 Å². The van der Waals surface area contributed by atoms with Gasteiger partial charge in [-0.05, 0) is 37.8 Å². The van der Waals surface area contributed by atoms with Crippen LogP contribution in [0.5, 0.6) is 0 Å². The van der Waals surface area contributed by atoms with Crippen molar-refractivity contribution < 1.29 is 9.90 Å². The van der Waals surface area contributed by atoms with Crippen LogP contribution < -0.4 is 5.73 Å². The van der Waals surface area contributed by atoms with Crippen LogP contribution in [0, 0.1) is 5.92 Å². The molecule has 0 saturated heterocycles. The van der Waals surface area contributed by atoms with E-state index in [1.54, 1.807) is 13.0 Å². The van der Waals surface area contributed by atoms with Crippen molar-refractivity contribution >= 4 is 23.4 Å². The first kappa shape index (κ1) is 11.3. The van der Waals surface area contributed by atoms with E-state index >= 15 is 0 Å². The Morgan fingerprint density at radius 2 is 2.12 bits per heavy atom. The van der Waals surface area contributed by atoms with Gasteiger partial charge >= 0.3 is 5.97 Å². The second-order valence-corrected chi connectivity index (χ2v) is 5.82. The van der Waals surface area contributed by atoms with Crippen molar-refractivity contribution in [1.29, 1.82) is 0 Å². The van der Waals surface area contributed by atoms with Crippen LogP contribution >= 0.6 is 11.8 Å². The molecule has 0 amide bonds. The minimum Gasteiger partial charge on any atom is -0.480 e. The van der Waals surface area contributed by atoms with Gasteiger partial charge in [-0.1, -0.05) is 12.1 Å². The lowest BCUT2D eigenvalue weighted by molar-refractivity contribution is -0.139. The lowest BCUT2D eigenvalue weighted by Crippen LogP contribution is -2.33. The third-order valence-electron chi connectivity index (χ3n) is 3.02. The van der Waals surface area contributed by atoms with Crippen LogP contribution in [-0.4, -0.2) is 15.8 Å².